The van der Waals surface area contributed by atoms with Gasteiger partial charge in [-0.1, -0.05) is 41.9 Å². The van der Waals surface area contributed by atoms with Gasteiger partial charge in [-0.25, -0.2) is 0 Å². The van der Waals surface area contributed by atoms with Gasteiger partial charge in [0, 0.05) is 40.5 Å². The molecule has 1 fully saturated rings. The predicted octanol–water partition coefficient (Wildman–Crippen LogP) is 6.79. The summed E-state index contributed by atoms with van der Waals surface area (Å²) in [5.41, 5.74) is 5.61. The first-order valence-electron chi connectivity index (χ1n) is 12.3. The summed E-state index contributed by atoms with van der Waals surface area (Å²) in [6.07, 6.45) is 0.705. The Morgan fingerprint density at radius 3 is 2.56 bits per heavy atom. The molecule has 5 nitrogen and oxygen atoms in total. The summed E-state index contributed by atoms with van der Waals surface area (Å²) in [7, 11) is 1.65. The van der Waals surface area contributed by atoms with Crippen molar-refractivity contribution in [1.82, 2.24) is 4.57 Å². The number of carbonyl (C=O) groups is 1. The number of aryl methyl sites for hydroxylation is 1. The molecule has 0 spiro atoms. The van der Waals surface area contributed by atoms with E-state index in [0.717, 1.165) is 40.0 Å². The van der Waals surface area contributed by atoms with Crippen LogP contribution in [0, 0.1) is 13.8 Å². The summed E-state index contributed by atoms with van der Waals surface area (Å²) < 4.78 is 13.7. The smallest absolute Gasteiger partial charge is 0.261 e. The number of aromatic nitrogens is 1. The van der Waals surface area contributed by atoms with E-state index in [4.69, 9.17) is 21.1 Å². The standard InChI is InChI=1S/C30H31ClN2O3/c1-19-16-23(31)10-12-26(19)33(27-14-15-36-21(27)3)30(34)29-20(2)32(18-22-8-6-5-7-9-22)28-13-11-24(35-4)17-25(28)29/h5-13,16-17,21,27H,14-15,18H2,1-4H3. The highest BCUT2D eigenvalue weighted by Gasteiger charge is 2.37. The van der Waals surface area contributed by atoms with E-state index in [1.165, 1.54) is 5.56 Å². The summed E-state index contributed by atoms with van der Waals surface area (Å²) in [4.78, 5) is 16.5. The molecule has 0 radical (unpaired) electrons. The largest absolute Gasteiger partial charge is 0.497 e. The zero-order valence-electron chi connectivity index (χ0n) is 21.1. The maximum absolute atomic E-state index is 14.6. The van der Waals surface area contributed by atoms with E-state index in [1.807, 2.05) is 80.3 Å². The van der Waals surface area contributed by atoms with Crippen LogP contribution in [0.4, 0.5) is 5.69 Å². The van der Waals surface area contributed by atoms with Crippen LogP contribution in [0.3, 0.4) is 0 Å². The van der Waals surface area contributed by atoms with Crippen molar-refractivity contribution in [1.29, 1.82) is 0 Å². The highest BCUT2D eigenvalue weighted by molar-refractivity contribution is 6.30. The fraction of sp³-hybridized carbons (Fsp3) is 0.300. The molecular formula is C30H31ClN2O3. The first-order valence-corrected chi connectivity index (χ1v) is 12.7. The van der Waals surface area contributed by atoms with Crippen molar-refractivity contribution in [3.8, 4) is 5.75 Å². The third kappa shape index (κ3) is 4.38. The first kappa shape index (κ1) is 24.4. The highest BCUT2D eigenvalue weighted by Crippen LogP contribution is 2.36. The van der Waals surface area contributed by atoms with Crippen LogP contribution in [0.25, 0.3) is 10.9 Å². The van der Waals surface area contributed by atoms with Crippen molar-refractivity contribution in [3.63, 3.8) is 0 Å². The Morgan fingerprint density at radius 1 is 1.11 bits per heavy atom. The molecule has 6 heteroatoms. The van der Waals surface area contributed by atoms with Crippen LogP contribution in [0.5, 0.6) is 5.75 Å². The van der Waals surface area contributed by atoms with Crippen LogP contribution >= 0.6 is 11.6 Å². The van der Waals surface area contributed by atoms with Gasteiger partial charge in [0.1, 0.15) is 5.75 Å². The summed E-state index contributed by atoms with van der Waals surface area (Å²) in [6, 6.07) is 21.9. The second-order valence-electron chi connectivity index (χ2n) is 9.45. The molecule has 1 saturated heterocycles. The van der Waals surface area contributed by atoms with Gasteiger partial charge in [-0.05, 0) is 74.7 Å². The minimum absolute atomic E-state index is 0.0367. The van der Waals surface area contributed by atoms with Crippen molar-refractivity contribution in [2.75, 3.05) is 18.6 Å². The lowest BCUT2D eigenvalue weighted by molar-refractivity contribution is 0.0926. The minimum Gasteiger partial charge on any atom is -0.497 e. The van der Waals surface area contributed by atoms with Crippen LogP contribution < -0.4 is 9.64 Å². The van der Waals surface area contributed by atoms with E-state index in [1.54, 1.807) is 7.11 Å². The second kappa shape index (κ2) is 10.00. The third-order valence-electron chi connectivity index (χ3n) is 7.23. The summed E-state index contributed by atoms with van der Waals surface area (Å²) in [6.45, 7) is 7.37. The number of halogens is 1. The zero-order chi connectivity index (χ0) is 25.4. The van der Waals surface area contributed by atoms with Crippen molar-refractivity contribution < 1.29 is 14.3 Å². The van der Waals surface area contributed by atoms with Crippen molar-refractivity contribution in [2.24, 2.45) is 0 Å². The number of amides is 1. The molecule has 2 unspecified atom stereocenters. The predicted molar refractivity (Wildman–Crippen MR) is 146 cm³/mol. The van der Waals surface area contributed by atoms with Crippen LogP contribution in [-0.4, -0.2) is 36.3 Å². The van der Waals surface area contributed by atoms with Gasteiger partial charge in [-0.15, -0.1) is 0 Å². The molecule has 3 aromatic carbocycles. The lowest BCUT2D eigenvalue weighted by Crippen LogP contribution is -2.44. The van der Waals surface area contributed by atoms with Crippen molar-refractivity contribution >= 4 is 34.1 Å². The number of carbonyl (C=O) groups excluding carboxylic acids is 1. The molecule has 1 aliphatic rings. The average molecular weight is 503 g/mol. The molecule has 1 amide bonds. The number of anilines is 1. The maximum atomic E-state index is 14.6. The van der Waals surface area contributed by atoms with Crippen LogP contribution in [0.1, 0.15) is 40.5 Å². The van der Waals surface area contributed by atoms with Gasteiger partial charge in [0.05, 0.1) is 24.8 Å². The molecule has 4 aromatic rings. The Bertz CT molecular complexity index is 1410. The number of hydrogen-bond acceptors (Lipinski definition) is 3. The zero-order valence-corrected chi connectivity index (χ0v) is 21.9. The molecule has 186 valence electrons. The molecule has 2 heterocycles. The fourth-order valence-corrected chi connectivity index (χ4v) is 5.56. The van der Waals surface area contributed by atoms with E-state index in [2.05, 4.69) is 16.7 Å². The first-order chi connectivity index (χ1) is 17.4. The topological polar surface area (TPSA) is 43.7 Å². The fourth-order valence-electron chi connectivity index (χ4n) is 5.34. The quantitative estimate of drug-likeness (QED) is 0.291. The van der Waals surface area contributed by atoms with Gasteiger partial charge < -0.3 is 18.9 Å². The normalized spacial score (nSPS) is 17.5. The van der Waals surface area contributed by atoms with Gasteiger partial charge in [-0.2, -0.15) is 0 Å². The molecule has 0 aliphatic carbocycles. The molecule has 2 atom stereocenters. The number of hydrogen-bond donors (Lipinski definition) is 0. The number of nitrogens with zero attached hydrogens (tertiary/aromatic N) is 2. The Balaban J connectivity index is 1.70. The second-order valence-corrected chi connectivity index (χ2v) is 9.89. The summed E-state index contributed by atoms with van der Waals surface area (Å²) >= 11 is 6.28. The Labute approximate surface area is 217 Å². The van der Waals surface area contributed by atoms with Gasteiger partial charge in [0.25, 0.3) is 5.91 Å². The molecule has 0 bridgehead atoms. The number of benzene rings is 3. The number of rotatable bonds is 6. The van der Waals surface area contributed by atoms with Gasteiger partial charge in [-0.3, -0.25) is 4.79 Å². The molecule has 5 rings (SSSR count). The Hall–Kier alpha value is -3.28. The van der Waals surface area contributed by atoms with E-state index >= 15 is 0 Å². The average Bonchev–Trinajstić information content (AvgIpc) is 3.41. The number of fused-ring (bicyclic) bond motifs is 1. The van der Waals surface area contributed by atoms with Crippen LogP contribution in [-0.2, 0) is 11.3 Å². The summed E-state index contributed by atoms with van der Waals surface area (Å²) in [5.74, 6) is 0.686. The molecule has 1 aliphatic heterocycles. The SMILES string of the molecule is COc1ccc2c(c1)c(C(=O)N(c1ccc(Cl)cc1C)C1CCOC1C)c(C)n2Cc1ccccc1. The van der Waals surface area contributed by atoms with E-state index in [0.29, 0.717) is 23.7 Å². The minimum atomic E-state index is -0.0742. The van der Waals surface area contributed by atoms with E-state index in [9.17, 15) is 4.79 Å². The maximum Gasteiger partial charge on any atom is 0.261 e. The highest BCUT2D eigenvalue weighted by atomic mass is 35.5. The molecule has 1 aromatic heterocycles. The lowest BCUT2D eigenvalue weighted by atomic mass is 10.0. The molecule has 0 N–H and O–H groups in total. The van der Waals surface area contributed by atoms with Crippen molar-refractivity contribution in [3.05, 3.63) is 94.1 Å². The van der Waals surface area contributed by atoms with Crippen molar-refractivity contribution in [2.45, 2.75) is 45.9 Å². The molecular weight excluding hydrogens is 472 g/mol. The Morgan fingerprint density at radius 2 is 1.89 bits per heavy atom. The van der Waals surface area contributed by atoms with Gasteiger partial charge in [0.15, 0.2) is 0 Å². The lowest BCUT2D eigenvalue weighted by Gasteiger charge is -2.32. The van der Waals surface area contributed by atoms with Crippen LogP contribution in [0.15, 0.2) is 66.7 Å². The van der Waals surface area contributed by atoms with E-state index < -0.39 is 0 Å². The van der Waals surface area contributed by atoms with Gasteiger partial charge >= 0.3 is 0 Å². The molecule has 36 heavy (non-hydrogen) atoms. The number of ether oxygens (including phenoxy) is 2. The molecule has 0 saturated carbocycles. The summed E-state index contributed by atoms with van der Waals surface area (Å²) in [5, 5.41) is 1.54. The Kier molecular flexibility index (Phi) is 6.78. The van der Waals surface area contributed by atoms with Gasteiger partial charge in [0.2, 0.25) is 0 Å². The van der Waals surface area contributed by atoms with Crippen LogP contribution in [0.2, 0.25) is 5.02 Å². The third-order valence-corrected chi connectivity index (χ3v) is 7.47. The van der Waals surface area contributed by atoms with E-state index in [-0.39, 0.29) is 18.1 Å². The number of methoxy groups -OCH3 is 1. The monoisotopic (exact) mass is 502 g/mol.